The first-order valence-corrected chi connectivity index (χ1v) is 22.9. The van der Waals surface area contributed by atoms with E-state index in [0.717, 1.165) is 27.8 Å². The highest BCUT2D eigenvalue weighted by Crippen LogP contribution is 2.66. The summed E-state index contributed by atoms with van der Waals surface area (Å²) >= 11 is 1.55. The Morgan fingerprint density at radius 3 is 2.27 bits per heavy atom. The van der Waals surface area contributed by atoms with E-state index in [4.69, 9.17) is 5.73 Å². The smallest absolute Gasteiger partial charge is 0.402 e. The molecule has 7 N–H and O–H groups in total. The number of aliphatic hydroxyl groups is 2. The van der Waals surface area contributed by atoms with Gasteiger partial charge in [-0.1, -0.05) is 58.9 Å². The van der Waals surface area contributed by atoms with Crippen LogP contribution in [0.25, 0.3) is 21.7 Å². The largest absolute Gasteiger partial charge is 0.573 e. The standard InChI is InChI=1S/C46H58F3N9O7S/c1-24(2)36(62)40-54-31(29-15-33(39(50)51-17-29)65-46(47,48)49)19-58(40)45-20-44(21-45,22-45)56-35(61)10-8-9-34(60)55-38(43(5,6)7)42(64)57-18-30(59)16-32(57)41(63)53-25(3)27-11-13-28(14-12-27)37-26(4)52-23-66-37/h11-15,17,19,23-25,30,32,36,38,59,62H,8-10,16,18,20-22H2,1-7H3,(H2,50,51)(H,53,63)(H,55,60)(H,56,61)/t25-,30+,32-,36?,38+,44?,45?/m1/s1. The topological polar surface area (TPSA) is 227 Å². The van der Waals surface area contributed by atoms with Crippen molar-refractivity contribution in [3.8, 4) is 27.4 Å². The average molecular weight is 938 g/mol. The molecule has 356 valence electrons. The fourth-order valence-electron chi connectivity index (χ4n) is 9.36. The maximum atomic E-state index is 14.2. The summed E-state index contributed by atoms with van der Waals surface area (Å²) in [7, 11) is 0. The molecule has 8 rings (SSSR count). The normalized spacial score (nSPS) is 22.8. The molecule has 4 fully saturated rings. The number of hydrogen-bond acceptors (Lipinski definition) is 12. The number of alkyl halides is 3. The molecule has 1 saturated heterocycles. The summed E-state index contributed by atoms with van der Waals surface area (Å²) in [6.07, 6.45) is -2.11. The number of carbonyl (C=O) groups excluding carboxylic acids is 4. The molecule has 0 spiro atoms. The van der Waals surface area contributed by atoms with Crippen molar-refractivity contribution >= 4 is 40.8 Å². The highest BCUT2D eigenvalue weighted by molar-refractivity contribution is 7.13. The van der Waals surface area contributed by atoms with Gasteiger partial charge < -0.3 is 46.1 Å². The Balaban J connectivity index is 0.916. The van der Waals surface area contributed by atoms with Gasteiger partial charge in [-0.25, -0.2) is 15.0 Å². The Morgan fingerprint density at radius 1 is 1.00 bits per heavy atom. The number of halogens is 3. The van der Waals surface area contributed by atoms with Crippen LogP contribution in [0.4, 0.5) is 19.0 Å². The first-order chi connectivity index (χ1) is 30.9. The zero-order valence-corrected chi connectivity index (χ0v) is 38.8. The van der Waals surface area contributed by atoms with E-state index < -0.39 is 76.4 Å². The molecule has 66 heavy (non-hydrogen) atoms. The molecule has 4 heterocycles. The molecule has 1 unspecified atom stereocenters. The Morgan fingerprint density at radius 2 is 1.67 bits per heavy atom. The number of imidazole rings is 1. The zero-order valence-electron chi connectivity index (χ0n) is 38.0. The molecule has 4 amide bonds. The van der Waals surface area contributed by atoms with Gasteiger partial charge in [0.05, 0.1) is 39.5 Å². The first-order valence-electron chi connectivity index (χ1n) is 22.1. The minimum atomic E-state index is -4.98. The zero-order chi connectivity index (χ0) is 48.1. The van der Waals surface area contributed by atoms with Crippen LogP contribution in [0.2, 0.25) is 0 Å². The Hall–Kier alpha value is -5.60. The number of nitrogen functional groups attached to an aromatic ring is 1. The lowest BCUT2D eigenvalue weighted by atomic mass is 9.44. The lowest BCUT2D eigenvalue weighted by Gasteiger charge is -2.71. The fourth-order valence-corrected chi connectivity index (χ4v) is 10.2. The van der Waals surface area contributed by atoms with Crippen LogP contribution in [0.5, 0.6) is 5.75 Å². The molecular weight excluding hydrogens is 880 g/mol. The minimum absolute atomic E-state index is 0.0421. The Bertz CT molecular complexity index is 2450. The van der Waals surface area contributed by atoms with E-state index in [-0.39, 0.29) is 61.4 Å². The second-order valence-electron chi connectivity index (χ2n) is 19.5. The van der Waals surface area contributed by atoms with Crippen LogP contribution in [0.3, 0.4) is 0 Å². The molecule has 1 aromatic carbocycles. The van der Waals surface area contributed by atoms with Crippen molar-refractivity contribution < 1.29 is 47.3 Å². The van der Waals surface area contributed by atoms with E-state index in [9.17, 15) is 42.6 Å². The van der Waals surface area contributed by atoms with Crippen molar-refractivity contribution in [2.45, 2.75) is 141 Å². The van der Waals surface area contributed by atoms with Gasteiger partial charge in [0.2, 0.25) is 23.6 Å². The summed E-state index contributed by atoms with van der Waals surface area (Å²) in [5, 5.41) is 30.7. The number of ether oxygens (including phenoxy) is 1. The quantitative estimate of drug-likeness (QED) is 0.0783. The number of benzene rings is 1. The maximum Gasteiger partial charge on any atom is 0.573 e. The average Bonchev–Trinajstić information content (AvgIpc) is 3.95. The van der Waals surface area contributed by atoms with Gasteiger partial charge in [0.25, 0.3) is 0 Å². The van der Waals surface area contributed by atoms with E-state index in [1.54, 1.807) is 43.8 Å². The lowest BCUT2D eigenvalue weighted by molar-refractivity contribution is -0.274. The second kappa shape index (κ2) is 18.2. The van der Waals surface area contributed by atoms with Crippen molar-refractivity contribution in [1.29, 1.82) is 0 Å². The SMILES string of the molecule is Cc1ncsc1-c1ccc([C@@H](C)NC(=O)[C@H]2C[C@H](O)CN2C(=O)[C@H](NC(=O)CCCC(=O)NC23CC(n4cc(-c5cnc(N)c(OC(F)(F)F)c5)nc4C(O)C(C)C)(C2)C3)C(C)(C)C)cc1. The number of hydrogen-bond donors (Lipinski definition) is 6. The predicted octanol–water partition coefficient (Wildman–Crippen LogP) is 5.84. The van der Waals surface area contributed by atoms with Crippen LogP contribution in [-0.2, 0) is 24.7 Å². The number of β-amino-alcohol motifs (C(OH)–C–C–N with tert-alkyl or cyclic N) is 1. The number of nitrogens with one attached hydrogen (secondary N) is 3. The van der Waals surface area contributed by atoms with Gasteiger partial charge in [-0.2, -0.15) is 0 Å². The van der Waals surface area contributed by atoms with E-state index in [0.29, 0.717) is 25.1 Å². The van der Waals surface area contributed by atoms with E-state index in [1.165, 1.54) is 11.1 Å². The van der Waals surface area contributed by atoms with Crippen molar-refractivity contribution in [3.05, 3.63) is 65.3 Å². The predicted molar refractivity (Wildman–Crippen MR) is 239 cm³/mol. The summed E-state index contributed by atoms with van der Waals surface area (Å²) in [5.74, 6) is -2.60. The highest BCUT2D eigenvalue weighted by Gasteiger charge is 2.70. The first kappa shape index (κ1) is 48.3. The number of aromatic nitrogens is 4. The number of amides is 4. The molecule has 3 aromatic heterocycles. The molecule has 0 radical (unpaired) electrons. The van der Waals surface area contributed by atoms with E-state index >= 15 is 0 Å². The van der Waals surface area contributed by atoms with Gasteiger partial charge in [-0.3, -0.25) is 19.2 Å². The number of nitrogens with zero attached hydrogens (tertiary/aromatic N) is 5. The molecule has 4 aromatic rings. The van der Waals surface area contributed by atoms with Crippen LogP contribution in [0, 0.1) is 18.3 Å². The Labute approximate surface area is 384 Å². The third-order valence-electron chi connectivity index (χ3n) is 12.8. The maximum absolute atomic E-state index is 14.2. The number of likely N-dealkylation sites (tertiary alicyclic amines) is 1. The number of aliphatic hydroxyl groups excluding tert-OH is 2. The number of rotatable bonds is 16. The minimum Gasteiger partial charge on any atom is -0.402 e. The molecule has 1 aliphatic heterocycles. The van der Waals surface area contributed by atoms with Gasteiger partial charge in [-0.05, 0) is 68.1 Å². The van der Waals surface area contributed by atoms with Crippen LogP contribution in [0.1, 0.15) is 116 Å². The molecule has 16 nitrogen and oxygen atoms in total. The summed E-state index contributed by atoms with van der Waals surface area (Å²) in [6.45, 7) is 12.8. The molecule has 20 heteroatoms. The van der Waals surface area contributed by atoms with Gasteiger partial charge in [0.1, 0.15) is 24.0 Å². The number of nitrogens with two attached hydrogens (primary N) is 1. The van der Waals surface area contributed by atoms with Crippen molar-refractivity contribution in [3.63, 3.8) is 0 Å². The van der Waals surface area contributed by atoms with Gasteiger partial charge in [0, 0.05) is 49.3 Å². The molecular formula is C46H58F3N9O7S. The van der Waals surface area contributed by atoms with Crippen LogP contribution in [0.15, 0.2) is 48.2 Å². The summed E-state index contributed by atoms with van der Waals surface area (Å²) < 4.78 is 45.0. The van der Waals surface area contributed by atoms with Crippen molar-refractivity contribution in [1.82, 2.24) is 40.4 Å². The third kappa shape index (κ3) is 10.2. The van der Waals surface area contributed by atoms with Crippen LogP contribution < -0.4 is 26.4 Å². The third-order valence-corrected chi connectivity index (χ3v) is 13.8. The highest BCUT2D eigenvalue weighted by atomic mass is 32.1. The monoisotopic (exact) mass is 937 g/mol. The number of carbonyl (C=O) groups is 4. The van der Waals surface area contributed by atoms with E-state index in [1.807, 2.05) is 56.5 Å². The number of aryl methyl sites for hydroxylation is 1. The van der Waals surface area contributed by atoms with Gasteiger partial charge >= 0.3 is 6.36 Å². The van der Waals surface area contributed by atoms with Gasteiger partial charge in [0.15, 0.2) is 11.6 Å². The summed E-state index contributed by atoms with van der Waals surface area (Å²) in [4.78, 5) is 69.6. The van der Waals surface area contributed by atoms with Gasteiger partial charge in [-0.15, -0.1) is 24.5 Å². The Kier molecular flexibility index (Phi) is 13.4. The fraction of sp³-hybridized carbons (Fsp3) is 0.543. The number of thiazole rings is 1. The van der Waals surface area contributed by atoms with Crippen LogP contribution in [-0.4, -0.2) is 94.9 Å². The molecule has 4 aliphatic rings. The lowest BCUT2D eigenvalue weighted by Crippen LogP contribution is -2.78. The van der Waals surface area contributed by atoms with E-state index in [2.05, 4.69) is 35.6 Å². The number of pyridine rings is 1. The molecule has 3 aliphatic carbocycles. The van der Waals surface area contributed by atoms with Crippen molar-refractivity contribution in [2.24, 2.45) is 11.3 Å². The second-order valence-corrected chi connectivity index (χ2v) is 20.4. The van der Waals surface area contributed by atoms with Crippen molar-refractivity contribution in [2.75, 3.05) is 12.3 Å². The molecule has 3 saturated carbocycles. The number of anilines is 1. The van der Waals surface area contributed by atoms with Crippen LogP contribution >= 0.6 is 11.3 Å². The summed E-state index contributed by atoms with van der Waals surface area (Å²) in [6, 6.07) is 6.57. The molecule has 2 bridgehead atoms. The summed E-state index contributed by atoms with van der Waals surface area (Å²) in [5.41, 5.74) is 9.00. The molecule has 5 atom stereocenters.